The first-order chi connectivity index (χ1) is 8.05. The highest BCUT2D eigenvalue weighted by molar-refractivity contribution is 7.90. The van der Waals surface area contributed by atoms with E-state index < -0.39 is 21.5 Å². The molecular formula is C12H23NO4S. The van der Waals surface area contributed by atoms with Gasteiger partial charge in [-0.2, -0.15) is 0 Å². The zero-order valence-corrected chi connectivity index (χ0v) is 12.3. The second-order valence-corrected chi connectivity index (χ2v) is 8.30. The molecule has 1 saturated carbocycles. The maximum absolute atomic E-state index is 11.6. The number of carbonyl (C=O) groups is 1. The van der Waals surface area contributed by atoms with Gasteiger partial charge in [0.1, 0.15) is 15.4 Å². The van der Waals surface area contributed by atoms with Crippen molar-refractivity contribution in [2.45, 2.75) is 51.7 Å². The van der Waals surface area contributed by atoms with Gasteiger partial charge in [0.2, 0.25) is 0 Å². The van der Waals surface area contributed by atoms with Crippen LogP contribution in [-0.2, 0) is 14.6 Å². The number of hydrogen-bond acceptors (Lipinski definition) is 4. The van der Waals surface area contributed by atoms with Crippen molar-refractivity contribution < 1.29 is 17.9 Å². The van der Waals surface area contributed by atoms with E-state index in [0.717, 1.165) is 12.8 Å². The average Bonchev–Trinajstić information content (AvgIpc) is 2.44. The first-order valence-electron chi connectivity index (χ1n) is 6.22. The van der Waals surface area contributed by atoms with Crippen molar-refractivity contribution in [2.75, 3.05) is 12.0 Å². The van der Waals surface area contributed by atoms with Crippen molar-refractivity contribution in [2.24, 2.45) is 5.92 Å². The minimum absolute atomic E-state index is 0.0339. The van der Waals surface area contributed by atoms with Crippen molar-refractivity contribution in [3.63, 3.8) is 0 Å². The number of sulfone groups is 1. The van der Waals surface area contributed by atoms with Gasteiger partial charge in [0.15, 0.2) is 0 Å². The number of carbonyl (C=O) groups excluding carboxylic acids is 1. The Morgan fingerprint density at radius 3 is 2.44 bits per heavy atom. The topological polar surface area (TPSA) is 72.5 Å². The SMILES string of the molecule is CC(C)(C)OC(=O)N[C@@H]1CC[C@H](CS(C)(=O)=O)C1. The third-order valence-corrected chi connectivity index (χ3v) is 3.88. The Bertz CT molecular complexity index is 397. The van der Waals surface area contributed by atoms with Crippen LogP contribution in [0.15, 0.2) is 0 Å². The molecule has 0 aromatic heterocycles. The van der Waals surface area contributed by atoms with Crippen LogP contribution in [0.25, 0.3) is 0 Å². The largest absolute Gasteiger partial charge is 0.444 e. The molecule has 1 N–H and O–H groups in total. The lowest BCUT2D eigenvalue weighted by Crippen LogP contribution is -2.38. The zero-order valence-electron chi connectivity index (χ0n) is 11.5. The van der Waals surface area contributed by atoms with Gasteiger partial charge in [-0.15, -0.1) is 0 Å². The molecule has 1 fully saturated rings. The van der Waals surface area contributed by atoms with Gasteiger partial charge in [-0.05, 0) is 46.0 Å². The number of nitrogens with one attached hydrogen (secondary N) is 1. The Kier molecular flexibility index (Phi) is 4.64. The average molecular weight is 277 g/mol. The molecule has 1 aliphatic carbocycles. The molecule has 106 valence electrons. The summed E-state index contributed by atoms with van der Waals surface area (Å²) < 4.78 is 27.6. The molecule has 2 atom stereocenters. The molecule has 0 spiro atoms. The number of ether oxygens (including phenoxy) is 1. The number of alkyl carbamates (subject to hydrolysis) is 1. The maximum atomic E-state index is 11.6. The van der Waals surface area contributed by atoms with Crippen LogP contribution in [0, 0.1) is 5.92 Å². The van der Waals surface area contributed by atoms with E-state index in [2.05, 4.69) is 5.32 Å². The summed E-state index contributed by atoms with van der Waals surface area (Å²) in [4.78, 5) is 11.6. The molecule has 0 aromatic carbocycles. The molecule has 1 aliphatic rings. The Hall–Kier alpha value is -0.780. The van der Waals surface area contributed by atoms with Gasteiger partial charge in [0.25, 0.3) is 0 Å². The van der Waals surface area contributed by atoms with E-state index in [4.69, 9.17) is 4.74 Å². The van der Waals surface area contributed by atoms with Gasteiger partial charge < -0.3 is 10.1 Å². The molecule has 0 bridgehead atoms. The molecule has 0 aliphatic heterocycles. The fourth-order valence-electron chi connectivity index (χ4n) is 2.26. The van der Waals surface area contributed by atoms with Gasteiger partial charge in [-0.3, -0.25) is 0 Å². The Morgan fingerprint density at radius 1 is 1.33 bits per heavy atom. The van der Waals surface area contributed by atoms with Crippen LogP contribution in [0.3, 0.4) is 0 Å². The van der Waals surface area contributed by atoms with Gasteiger partial charge in [-0.1, -0.05) is 0 Å². The lowest BCUT2D eigenvalue weighted by atomic mass is 10.1. The molecule has 0 saturated heterocycles. The van der Waals surface area contributed by atoms with Gasteiger partial charge in [0.05, 0.1) is 5.75 Å². The number of rotatable bonds is 3. The molecule has 0 unspecified atom stereocenters. The summed E-state index contributed by atoms with van der Waals surface area (Å²) in [5.74, 6) is 0.361. The quantitative estimate of drug-likeness (QED) is 0.852. The molecule has 0 aromatic rings. The van der Waals surface area contributed by atoms with E-state index >= 15 is 0 Å². The van der Waals surface area contributed by atoms with E-state index in [0.29, 0.717) is 6.42 Å². The van der Waals surface area contributed by atoms with Crippen LogP contribution >= 0.6 is 0 Å². The second kappa shape index (κ2) is 5.47. The van der Waals surface area contributed by atoms with Gasteiger partial charge >= 0.3 is 6.09 Å². The third-order valence-electron chi connectivity index (χ3n) is 2.80. The molecule has 18 heavy (non-hydrogen) atoms. The lowest BCUT2D eigenvalue weighted by molar-refractivity contribution is 0.0505. The predicted octanol–water partition coefficient (Wildman–Crippen LogP) is 1.72. The van der Waals surface area contributed by atoms with Crippen LogP contribution in [0.2, 0.25) is 0 Å². The van der Waals surface area contributed by atoms with Crippen molar-refractivity contribution in [1.29, 1.82) is 0 Å². The normalized spacial score (nSPS) is 24.9. The van der Waals surface area contributed by atoms with Crippen molar-refractivity contribution in [3.8, 4) is 0 Å². The van der Waals surface area contributed by atoms with E-state index in [1.807, 2.05) is 20.8 Å². The smallest absolute Gasteiger partial charge is 0.407 e. The van der Waals surface area contributed by atoms with Crippen LogP contribution < -0.4 is 5.32 Å². The molecule has 5 nitrogen and oxygen atoms in total. The highest BCUT2D eigenvalue weighted by Crippen LogP contribution is 2.26. The van der Waals surface area contributed by atoms with Crippen molar-refractivity contribution >= 4 is 15.9 Å². The van der Waals surface area contributed by atoms with Crippen molar-refractivity contribution in [3.05, 3.63) is 0 Å². The Morgan fingerprint density at radius 2 is 1.94 bits per heavy atom. The standard InChI is InChI=1S/C12H23NO4S/c1-12(2,3)17-11(14)13-10-6-5-9(7-10)8-18(4,15)16/h9-10H,5-8H2,1-4H3,(H,13,14)/t9-,10+/m0/s1. The van der Waals surface area contributed by atoms with Crippen LogP contribution in [-0.4, -0.2) is 38.2 Å². The summed E-state index contributed by atoms with van der Waals surface area (Å²) in [7, 11) is -2.93. The fraction of sp³-hybridized carbons (Fsp3) is 0.917. The highest BCUT2D eigenvalue weighted by Gasteiger charge is 2.29. The minimum Gasteiger partial charge on any atom is -0.444 e. The monoisotopic (exact) mass is 277 g/mol. The highest BCUT2D eigenvalue weighted by atomic mass is 32.2. The zero-order chi connectivity index (χ0) is 14.0. The van der Waals surface area contributed by atoms with Gasteiger partial charge in [0, 0.05) is 12.3 Å². The van der Waals surface area contributed by atoms with Gasteiger partial charge in [-0.25, -0.2) is 13.2 Å². The molecule has 1 rings (SSSR count). The lowest BCUT2D eigenvalue weighted by Gasteiger charge is -2.21. The molecule has 1 amide bonds. The van der Waals surface area contributed by atoms with E-state index in [1.54, 1.807) is 0 Å². The molecule has 0 radical (unpaired) electrons. The van der Waals surface area contributed by atoms with E-state index in [1.165, 1.54) is 6.26 Å². The van der Waals surface area contributed by atoms with E-state index in [9.17, 15) is 13.2 Å². The summed E-state index contributed by atoms with van der Waals surface area (Å²) in [6, 6.07) is 0.0339. The number of amides is 1. The summed E-state index contributed by atoms with van der Waals surface area (Å²) in [6.45, 7) is 5.44. The summed E-state index contributed by atoms with van der Waals surface area (Å²) >= 11 is 0. The molecule has 6 heteroatoms. The van der Waals surface area contributed by atoms with Crippen LogP contribution in [0.4, 0.5) is 4.79 Å². The fourth-order valence-corrected chi connectivity index (χ4v) is 3.42. The maximum Gasteiger partial charge on any atom is 0.407 e. The third kappa shape index (κ3) is 6.23. The summed E-state index contributed by atoms with van der Waals surface area (Å²) in [5.41, 5.74) is -0.505. The first kappa shape index (κ1) is 15.3. The Labute approximate surface area is 109 Å². The summed E-state index contributed by atoms with van der Waals surface area (Å²) in [5, 5.41) is 2.80. The van der Waals surface area contributed by atoms with E-state index in [-0.39, 0.29) is 17.7 Å². The number of hydrogen-bond donors (Lipinski definition) is 1. The predicted molar refractivity (Wildman–Crippen MR) is 70.2 cm³/mol. The second-order valence-electron chi connectivity index (χ2n) is 6.11. The minimum atomic E-state index is -2.93. The van der Waals surface area contributed by atoms with Crippen LogP contribution in [0.5, 0.6) is 0 Å². The first-order valence-corrected chi connectivity index (χ1v) is 8.28. The summed E-state index contributed by atoms with van der Waals surface area (Å²) in [6.07, 6.45) is 3.20. The molecule has 0 heterocycles. The molecular weight excluding hydrogens is 254 g/mol. The Balaban J connectivity index is 2.37. The van der Waals surface area contributed by atoms with Crippen LogP contribution in [0.1, 0.15) is 40.0 Å². The van der Waals surface area contributed by atoms with Crippen molar-refractivity contribution in [1.82, 2.24) is 5.32 Å².